The monoisotopic (exact) mass is 851 g/mol. The van der Waals surface area contributed by atoms with Gasteiger partial charge in [0, 0.05) is 32.6 Å². The second-order valence-electron chi connectivity index (χ2n) is 16.1. The SMILES string of the molecule is CC/C=C\C/C=C\CC(O)CN(CCCCC1NC(=O)C(CCCCN(CC(O)C/C=C\C/C=C\CC)C(O)C/C=C\C/C=C\CC)NC1=O)CC(O)C/C=C\C/C=C\CC. The summed E-state index contributed by atoms with van der Waals surface area (Å²) < 4.78 is 0. The molecule has 1 heterocycles. The predicted molar refractivity (Wildman–Crippen MR) is 255 cm³/mol. The lowest BCUT2D eigenvalue weighted by Gasteiger charge is -2.31. The molecule has 2 amide bonds. The van der Waals surface area contributed by atoms with Gasteiger partial charge in [0.15, 0.2) is 0 Å². The lowest BCUT2D eigenvalue weighted by atomic mass is 10.0. The number of hydrogen-bond acceptors (Lipinski definition) is 8. The highest BCUT2D eigenvalue weighted by Gasteiger charge is 2.33. The fraction of sp³-hybridized carbons (Fsp3) is 0.647. The molecule has 0 aromatic heterocycles. The van der Waals surface area contributed by atoms with Crippen molar-refractivity contribution in [2.45, 2.75) is 180 Å². The maximum Gasteiger partial charge on any atom is 0.243 e. The van der Waals surface area contributed by atoms with Crippen LogP contribution in [0.3, 0.4) is 0 Å². The van der Waals surface area contributed by atoms with E-state index in [4.69, 9.17) is 0 Å². The third-order valence-corrected chi connectivity index (χ3v) is 10.4. The Kier molecular flexibility index (Phi) is 34.9. The van der Waals surface area contributed by atoms with Crippen molar-refractivity contribution in [2.75, 3.05) is 32.7 Å². The van der Waals surface area contributed by atoms with Crippen molar-refractivity contribution in [1.82, 2.24) is 20.4 Å². The van der Waals surface area contributed by atoms with E-state index >= 15 is 0 Å². The van der Waals surface area contributed by atoms with Gasteiger partial charge in [-0.05, 0) is 116 Å². The highest BCUT2D eigenvalue weighted by atomic mass is 16.3. The van der Waals surface area contributed by atoms with Crippen LogP contribution in [0.15, 0.2) is 97.2 Å². The third-order valence-electron chi connectivity index (χ3n) is 10.4. The van der Waals surface area contributed by atoms with Crippen LogP contribution in [0.2, 0.25) is 0 Å². The Labute approximate surface area is 371 Å². The zero-order valence-electron chi connectivity index (χ0n) is 38.5. The normalized spacial score (nSPS) is 18.9. The molecule has 0 spiro atoms. The maximum absolute atomic E-state index is 13.1. The number of aliphatic hydroxyl groups excluding tert-OH is 4. The van der Waals surface area contributed by atoms with Gasteiger partial charge >= 0.3 is 0 Å². The standard InChI is InChI=1S/C51H86N4O6/c1-5-9-13-17-21-25-33-44(56)41-54(42-45(57)34-26-22-18-14-10-6-2)39-31-29-36-47-50(60)53-48(51(61)52-47)37-30-32-40-55(49(59)38-28-24-20-16-12-8-4)43-46(58)35-27-23-19-15-11-7-3/h9-16,21-28,44-49,56-59H,5-8,17-20,29-43H2,1-4H3,(H,52,61)(H,53,60)/b13-9-,14-10-,15-11-,16-12-,25-21-,26-22-,27-23-,28-24-. The molecule has 0 aromatic rings. The predicted octanol–water partition coefficient (Wildman–Crippen LogP) is 8.53. The zero-order valence-corrected chi connectivity index (χ0v) is 38.5. The number of nitrogens with zero attached hydrogens (tertiary/aromatic N) is 2. The smallest absolute Gasteiger partial charge is 0.243 e. The lowest BCUT2D eigenvalue weighted by Crippen LogP contribution is -2.61. The molecule has 0 saturated carbocycles. The number of amides is 2. The molecule has 0 radical (unpaired) electrons. The number of carbonyl (C=O) groups is 2. The van der Waals surface area contributed by atoms with E-state index in [9.17, 15) is 30.0 Å². The summed E-state index contributed by atoms with van der Waals surface area (Å²) in [4.78, 5) is 30.3. The van der Waals surface area contributed by atoms with Crippen molar-refractivity contribution in [3.8, 4) is 0 Å². The molecule has 1 rings (SSSR count). The van der Waals surface area contributed by atoms with Gasteiger partial charge in [0.25, 0.3) is 0 Å². The quantitative estimate of drug-likeness (QED) is 0.0207. The first-order valence-electron chi connectivity index (χ1n) is 23.6. The number of nitrogens with one attached hydrogen (secondary N) is 2. The van der Waals surface area contributed by atoms with Crippen molar-refractivity contribution < 1.29 is 30.0 Å². The summed E-state index contributed by atoms with van der Waals surface area (Å²) in [6.45, 7) is 10.8. The summed E-state index contributed by atoms with van der Waals surface area (Å²) in [7, 11) is 0. The fourth-order valence-electron chi connectivity index (χ4n) is 7.02. The van der Waals surface area contributed by atoms with Crippen LogP contribution in [-0.2, 0) is 9.59 Å². The molecule has 6 N–H and O–H groups in total. The van der Waals surface area contributed by atoms with Crippen molar-refractivity contribution in [3.05, 3.63) is 97.2 Å². The summed E-state index contributed by atoms with van der Waals surface area (Å²) in [6, 6.07) is -1.20. The van der Waals surface area contributed by atoms with Gasteiger partial charge in [0.1, 0.15) is 18.3 Å². The zero-order chi connectivity index (χ0) is 44.8. The molecule has 1 aliphatic heterocycles. The van der Waals surface area contributed by atoms with Crippen LogP contribution in [0.1, 0.15) is 143 Å². The second kappa shape index (κ2) is 38.3. The summed E-state index contributed by atoms with van der Waals surface area (Å²) in [5.41, 5.74) is 0. The number of rotatable bonds is 37. The van der Waals surface area contributed by atoms with Crippen LogP contribution in [0.25, 0.3) is 0 Å². The van der Waals surface area contributed by atoms with Crippen molar-refractivity contribution in [3.63, 3.8) is 0 Å². The molecule has 6 atom stereocenters. The number of unbranched alkanes of at least 4 members (excludes halogenated alkanes) is 2. The van der Waals surface area contributed by atoms with E-state index in [2.05, 4.69) is 110 Å². The number of piperazine rings is 1. The Balaban J connectivity index is 2.67. The Hall–Kier alpha value is -3.38. The molecule has 346 valence electrons. The van der Waals surface area contributed by atoms with E-state index in [-0.39, 0.29) is 11.8 Å². The molecular formula is C51H86N4O6. The van der Waals surface area contributed by atoms with Gasteiger partial charge in [0.05, 0.1) is 18.3 Å². The van der Waals surface area contributed by atoms with Crippen LogP contribution in [-0.4, -0.2) is 111 Å². The van der Waals surface area contributed by atoms with Crippen LogP contribution < -0.4 is 10.6 Å². The third kappa shape index (κ3) is 30.3. The Bertz CT molecular complexity index is 1320. The first-order valence-corrected chi connectivity index (χ1v) is 23.6. The molecule has 1 fully saturated rings. The van der Waals surface area contributed by atoms with E-state index in [0.717, 1.165) is 57.8 Å². The number of carbonyl (C=O) groups excluding carboxylic acids is 2. The molecule has 10 nitrogen and oxygen atoms in total. The van der Waals surface area contributed by atoms with Gasteiger partial charge in [-0.3, -0.25) is 19.4 Å². The largest absolute Gasteiger partial charge is 0.391 e. The average molecular weight is 851 g/mol. The second-order valence-corrected chi connectivity index (χ2v) is 16.1. The molecule has 6 unspecified atom stereocenters. The van der Waals surface area contributed by atoms with Crippen LogP contribution in [0.5, 0.6) is 0 Å². The average Bonchev–Trinajstić information content (AvgIpc) is 3.23. The van der Waals surface area contributed by atoms with Crippen molar-refractivity contribution in [1.29, 1.82) is 0 Å². The highest BCUT2D eigenvalue weighted by Crippen LogP contribution is 2.14. The Morgan fingerprint density at radius 2 is 0.803 bits per heavy atom. The summed E-state index contributed by atoms with van der Waals surface area (Å²) in [6.07, 6.45) is 43.9. The van der Waals surface area contributed by atoms with Crippen LogP contribution in [0, 0.1) is 0 Å². The van der Waals surface area contributed by atoms with Gasteiger partial charge in [0.2, 0.25) is 11.8 Å². The summed E-state index contributed by atoms with van der Waals surface area (Å²) >= 11 is 0. The summed E-state index contributed by atoms with van der Waals surface area (Å²) in [5, 5.41) is 49.4. The minimum absolute atomic E-state index is 0.174. The van der Waals surface area contributed by atoms with E-state index in [0.29, 0.717) is 90.5 Å². The van der Waals surface area contributed by atoms with Gasteiger partial charge in [-0.15, -0.1) is 0 Å². The molecule has 10 heteroatoms. The number of aliphatic hydroxyl groups is 4. The topological polar surface area (TPSA) is 146 Å². The molecule has 1 aliphatic rings. The minimum Gasteiger partial charge on any atom is -0.391 e. The first-order chi connectivity index (χ1) is 29.6. The van der Waals surface area contributed by atoms with Gasteiger partial charge in [-0.25, -0.2) is 0 Å². The van der Waals surface area contributed by atoms with E-state index in [1.807, 2.05) is 35.3 Å². The summed E-state index contributed by atoms with van der Waals surface area (Å²) in [5.74, 6) is -0.350. The van der Waals surface area contributed by atoms with Crippen LogP contribution in [0.4, 0.5) is 0 Å². The Morgan fingerprint density at radius 3 is 1.20 bits per heavy atom. The highest BCUT2D eigenvalue weighted by molar-refractivity contribution is 5.96. The van der Waals surface area contributed by atoms with Gasteiger partial charge in [-0.1, -0.05) is 125 Å². The van der Waals surface area contributed by atoms with E-state index in [1.54, 1.807) is 0 Å². The lowest BCUT2D eigenvalue weighted by molar-refractivity contribution is -0.137. The molecule has 0 aromatic carbocycles. The minimum atomic E-state index is -0.738. The van der Waals surface area contributed by atoms with Crippen molar-refractivity contribution in [2.24, 2.45) is 0 Å². The van der Waals surface area contributed by atoms with Gasteiger partial charge < -0.3 is 31.1 Å². The molecule has 0 aliphatic carbocycles. The fourth-order valence-corrected chi connectivity index (χ4v) is 7.02. The maximum atomic E-state index is 13.1. The molecule has 1 saturated heterocycles. The van der Waals surface area contributed by atoms with Crippen LogP contribution >= 0.6 is 0 Å². The first kappa shape index (κ1) is 55.6. The molecule has 0 bridgehead atoms. The number of allylic oxidation sites excluding steroid dienone is 12. The van der Waals surface area contributed by atoms with Gasteiger partial charge in [-0.2, -0.15) is 0 Å². The molecular weight excluding hydrogens is 765 g/mol. The molecule has 61 heavy (non-hydrogen) atoms. The van der Waals surface area contributed by atoms with E-state index < -0.39 is 36.6 Å². The number of hydrogen-bond donors (Lipinski definition) is 6. The van der Waals surface area contributed by atoms with E-state index in [1.165, 1.54) is 0 Å². The van der Waals surface area contributed by atoms with Crippen molar-refractivity contribution >= 4 is 11.8 Å². The Morgan fingerprint density at radius 1 is 0.459 bits per heavy atom.